The number of rotatable bonds is 19. The molecule has 0 fully saturated rings. The third kappa shape index (κ3) is 14.7. The number of hydrogen-bond acceptors (Lipinski definition) is 5. The molecule has 2 aromatic rings. The summed E-state index contributed by atoms with van der Waals surface area (Å²) in [6, 6.07) is 11.9. The number of unbranched alkanes of at least 4 members (excludes halogenated alkanes) is 13. The minimum atomic E-state index is -3.97. The lowest BCUT2D eigenvalue weighted by Gasteiger charge is -2.10. The quantitative estimate of drug-likeness (QED) is 0.142. The summed E-state index contributed by atoms with van der Waals surface area (Å²) in [5, 5.41) is 5.22. The number of nitrogens with one attached hydrogen (secondary N) is 3. The van der Waals surface area contributed by atoms with Crippen LogP contribution in [0.4, 0.5) is 21.0 Å². The van der Waals surface area contributed by atoms with Gasteiger partial charge in [-0.3, -0.25) is 4.79 Å². The Hall–Kier alpha value is -2.52. The van der Waals surface area contributed by atoms with E-state index >= 15 is 0 Å². The maximum Gasteiger partial charge on any atom is 0.333 e. The second-order valence-corrected chi connectivity index (χ2v) is 13.1. The fourth-order valence-corrected chi connectivity index (χ4v) is 5.94. The predicted molar refractivity (Wildman–Crippen MR) is 169 cm³/mol. The van der Waals surface area contributed by atoms with Crippen molar-refractivity contribution in [3.05, 3.63) is 54.1 Å². The van der Waals surface area contributed by atoms with Gasteiger partial charge in [0.1, 0.15) is 0 Å². The Labute approximate surface area is 245 Å². The summed E-state index contributed by atoms with van der Waals surface area (Å²) in [5.41, 5.74) is 1.94. The number of amides is 3. The van der Waals surface area contributed by atoms with Gasteiger partial charge in [-0.1, -0.05) is 120 Å². The zero-order valence-corrected chi connectivity index (χ0v) is 25.8. The minimum absolute atomic E-state index is 0.0119. The Morgan fingerprint density at radius 1 is 0.650 bits per heavy atom. The standard InChI is InChI=1S/C31H47N3O4S2/c1-3-4-5-6-7-8-9-10-11-12-13-14-15-16-25-39-31(36)33-28-21-19-27(20-22-28)32-30(35)34-40(37,38)29-23-17-26(2)18-24-29/h17-24H,3-16,25H2,1-2H3,(H,33,36)(H2,32,34,35). The van der Waals surface area contributed by atoms with Crippen molar-refractivity contribution < 1.29 is 18.0 Å². The first-order valence-corrected chi connectivity index (χ1v) is 17.2. The summed E-state index contributed by atoms with van der Waals surface area (Å²) in [6.45, 7) is 4.11. The van der Waals surface area contributed by atoms with Crippen molar-refractivity contribution in [1.29, 1.82) is 0 Å². The fraction of sp³-hybridized carbons (Fsp3) is 0.548. The largest absolute Gasteiger partial charge is 0.333 e. The normalized spacial score (nSPS) is 11.2. The lowest BCUT2D eigenvalue weighted by molar-refractivity contribution is 0.256. The molecule has 0 saturated carbocycles. The molecule has 0 saturated heterocycles. The third-order valence-corrected chi connectivity index (χ3v) is 8.88. The highest BCUT2D eigenvalue weighted by molar-refractivity contribution is 8.13. The average molecular weight is 590 g/mol. The molecule has 9 heteroatoms. The Morgan fingerprint density at radius 2 is 1.10 bits per heavy atom. The summed E-state index contributed by atoms with van der Waals surface area (Å²) in [7, 11) is -3.97. The van der Waals surface area contributed by atoms with Crippen molar-refractivity contribution in [1.82, 2.24) is 4.72 Å². The van der Waals surface area contributed by atoms with E-state index in [0.717, 1.165) is 24.2 Å². The van der Waals surface area contributed by atoms with Gasteiger partial charge in [0, 0.05) is 17.1 Å². The van der Waals surface area contributed by atoms with Crippen molar-refractivity contribution >= 4 is 44.4 Å². The zero-order chi connectivity index (χ0) is 29.1. The smallest absolute Gasteiger partial charge is 0.317 e. The summed E-state index contributed by atoms with van der Waals surface area (Å²) in [4.78, 5) is 24.4. The Bertz CT molecular complexity index is 1100. The highest BCUT2D eigenvalue weighted by Gasteiger charge is 2.17. The maximum absolute atomic E-state index is 12.3. The van der Waals surface area contributed by atoms with Crippen LogP contribution in [-0.2, 0) is 10.0 Å². The maximum atomic E-state index is 12.3. The van der Waals surface area contributed by atoms with Crippen LogP contribution in [0, 0.1) is 6.92 Å². The molecule has 0 heterocycles. The average Bonchev–Trinajstić information content (AvgIpc) is 2.92. The van der Waals surface area contributed by atoms with Crippen LogP contribution >= 0.6 is 11.8 Å². The van der Waals surface area contributed by atoms with Crippen LogP contribution in [0.2, 0.25) is 0 Å². The first-order chi connectivity index (χ1) is 19.3. The molecule has 3 N–H and O–H groups in total. The van der Waals surface area contributed by atoms with E-state index in [1.165, 1.54) is 101 Å². The van der Waals surface area contributed by atoms with Crippen molar-refractivity contribution in [2.24, 2.45) is 0 Å². The molecule has 2 rings (SSSR count). The van der Waals surface area contributed by atoms with Crippen LogP contribution in [0.1, 0.15) is 102 Å². The number of urea groups is 1. The molecule has 0 aliphatic carbocycles. The number of aryl methyl sites for hydroxylation is 1. The molecular weight excluding hydrogens is 542 g/mol. The molecule has 0 bridgehead atoms. The van der Waals surface area contributed by atoms with Crippen molar-refractivity contribution in [2.45, 2.75) is 109 Å². The Kier molecular flexibility index (Phi) is 16.5. The Morgan fingerprint density at radius 3 is 1.60 bits per heavy atom. The van der Waals surface area contributed by atoms with Gasteiger partial charge in [0.15, 0.2) is 0 Å². The van der Waals surface area contributed by atoms with Gasteiger partial charge in [0.25, 0.3) is 15.3 Å². The van der Waals surface area contributed by atoms with Gasteiger partial charge in [-0.25, -0.2) is 17.9 Å². The Balaban J connectivity index is 1.52. The van der Waals surface area contributed by atoms with E-state index in [9.17, 15) is 18.0 Å². The molecule has 3 amide bonds. The van der Waals surface area contributed by atoms with Crippen LogP contribution in [0.25, 0.3) is 0 Å². The zero-order valence-electron chi connectivity index (χ0n) is 24.2. The molecule has 0 aromatic heterocycles. The monoisotopic (exact) mass is 589 g/mol. The van der Waals surface area contributed by atoms with Crippen LogP contribution in [0.3, 0.4) is 0 Å². The number of sulfonamides is 1. The van der Waals surface area contributed by atoms with Gasteiger partial charge in [-0.2, -0.15) is 0 Å². The van der Waals surface area contributed by atoms with Gasteiger partial charge in [0.05, 0.1) is 4.90 Å². The van der Waals surface area contributed by atoms with E-state index in [0.29, 0.717) is 11.4 Å². The van der Waals surface area contributed by atoms with Crippen molar-refractivity contribution in [3.63, 3.8) is 0 Å². The summed E-state index contributed by atoms with van der Waals surface area (Å²) >= 11 is 1.28. The SMILES string of the molecule is CCCCCCCCCCCCCCCCSC(=O)Nc1ccc(NC(=O)NS(=O)(=O)c2ccc(C)cc2)cc1. The van der Waals surface area contributed by atoms with Gasteiger partial charge in [-0.15, -0.1) is 0 Å². The molecule has 0 aliphatic rings. The molecular formula is C31H47N3O4S2. The molecule has 2 aromatic carbocycles. The summed E-state index contributed by atoms with van der Waals surface area (Å²) in [6.07, 6.45) is 18.4. The van der Waals surface area contributed by atoms with Gasteiger partial charge >= 0.3 is 6.03 Å². The van der Waals surface area contributed by atoms with E-state index in [-0.39, 0.29) is 10.1 Å². The molecule has 0 aliphatic heterocycles. The first-order valence-electron chi connectivity index (χ1n) is 14.7. The van der Waals surface area contributed by atoms with Gasteiger partial charge in [-0.05, 0) is 49.7 Å². The molecule has 0 radical (unpaired) electrons. The number of hydrogen-bond donors (Lipinski definition) is 3. The van der Waals surface area contributed by atoms with E-state index in [4.69, 9.17) is 0 Å². The van der Waals surface area contributed by atoms with Crippen LogP contribution in [-0.4, -0.2) is 25.4 Å². The minimum Gasteiger partial charge on any atom is -0.317 e. The molecule has 0 unspecified atom stereocenters. The van der Waals surface area contributed by atoms with Crippen LogP contribution in [0.5, 0.6) is 0 Å². The second-order valence-electron chi connectivity index (χ2n) is 10.3. The number of benzene rings is 2. The second kappa shape index (κ2) is 19.5. The highest BCUT2D eigenvalue weighted by atomic mass is 32.2. The lowest BCUT2D eigenvalue weighted by Crippen LogP contribution is -2.34. The summed E-state index contributed by atoms with van der Waals surface area (Å²) in [5.74, 6) is 0.791. The highest BCUT2D eigenvalue weighted by Crippen LogP contribution is 2.18. The first kappa shape index (κ1) is 33.7. The molecule has 222 valence electrons. The predicted octanol–water partition coefficient (Wildman–Crippen LogP) is 9.25. The van der Waals surface area contributed by atoms with Crippen LogP contribution < -0.4 is 15.4 Å². The van der Waals surface area contributed by atoms with E-state index in [2.05, 4.69) is 17.6 Å². The number of carbonyl (C=O) groups excluding carboxylic acids is 2. The van der Waals surface area contributed by atoms with Gasteiger partial charge in [0.2, 0.25) is 0 Å². The van der Waals surface area contributed by atoms with Crippen molar-refractivity contribution in [3.8, 4) is 0 Å². The summed E-state index contributed by atoms with van der Waals surface area (Å²) < 4.78 is 26.7. The fourth-order valence-electron chi connectivity index (χ4n) is 4.31. The van der Waals surface area contributed by atoms with E-state index in [1.807, 2.05) is 11.6 Å². The van der Waals surface area contributed by atoms with Gasteiger partial charge < -0.3 is 10.6 Å². The van der Waals surface area contributed by atoms with E-state index in [1.54, 1.807) is 36.4 Å². The lowest BCUT2D eigenvalue weighted by atomic mass is 10.0. The van der Waals surface area contributed by atoms with Crippen molar-refractivity contribution in [2.75, 3.05) is 16.4 Å². The number of thioether (sulfide) groups is 1. The molecule has 0 atom stereocenters. The molecule has 40 heavy (non-hydrogen) atoms. The van der Waals surface area contributed by atoms with E-state index < -0.39 is 16.1 Å². The third-order valence-electron chi connectivity index (χ3n) is 6.68. The van der Waals surface area contributed by atoms with Crippen LogP contribution in [0.15, 0.2) is 53.4 Å². The number of anilines is 2. The topological polar surface area (TPSA) is 104 Å². The molecule has 7 nitrogen and oxygen atoms in total. The molecule has 0 spiro atoms. The number of carbonyl (C=O) groups is 2.